The molecule has 0 amide bonds. The number of carbonyl (C=O) groups is 2. The van der Waals surface area contributed by atoms with Crippen LogP contribution in [0.25, 0.3) is 0 Å². The zero-order valence-electron chi connectivity index (χ0n) is 10.8. The molecule has 2 unspecified atom stereocenters. The number of esters is 1. The molecule has 108 valence electrons. The first-order chi connectivity index (χ1) is 9.61. The van der Waals surface area contributed by atoms with Crippen LogP contribution in [0.2, 0.25) is 0 Å². The fourth-order valence-electron chi connectivity index (χ4n) is 1.63. The molecular formula is C13H14O7. The summed E-state index contributed by atoms with van der Waals surface area (Å²) in [6, 6.07) is 4.43. The summed E-state index contributed by atoms with van der Waals surface area (Å²) in [5.41, 5.74) is 0. The van der Waals surface area contributed by atoms with E-state index in [2.05, 4.69) is 0 Å². The van der Waals surface area contributed by atoms with E-state index in [0.717, 1.165) is 0 Å². The largest absolute Gasteiger partial charge is 0.504 e. The van der Waals surface area contributed by atoms with Crippen LogP contribution in [-0.4, -0.2) is 43.0 Å². The SMILES string of the molecule is CC(=O)OCC1OC1COc1c(O)cccc1OC=O. The third-order valence-electron chi connectivity index (χ3n) is 2.66. The van der Waals surface area contributed by atoms with Crippen molar-refractivity contribution in [2.45, 2.75) is 19.1 Å². The fraction of sp³-hybridized carbons (Fsp3) is 0.385. The van der Waals surface area contributed by atoms with Gasteiger partial charge in [0.05, 0.1) is 0 Å². The molecule has 0 radical (unpaired) electrons. The third kappa shape index (κ3) is 3.61. The van der Waals surface area contributed by atoms with Crippen molar-refractivity contribution in [2.24, 2.45) is 0 Å². The zero-order chi connectivity index (χ0) is 14.5. The van der Waals surface area contributed by atoms with E-state index < -0.39 is 0 Å². The molecule has 0 spiro atoms. The second-order valence-electron chi connectivity index (χ2n) is 4.15. The van der Waals surface area contributed by atoms with Crippen molar-refractivity contribution in [3.63, 3.8) is 0 Å². The van der Waals surface area contributed by atoms with E-state index in [9.17, 15) is 14.7 Å². The van der Waals surface area contributed by atoms with Gasteiger partial charge in [0.2, 0.25) is 5.75 Å². The van der Waals surface area contributed by atoms with Crippen LogP contribution in [0.15, 0.2) is 18.2 Å². The molecule has 0 bridgehead atoms. The first kappa shape index (κ1) is 14.1. The lowest BCUT2D eigenvalue weighted by molar-refractivity contribution is -0.141. The Morgan fingerprint density at radius 2 is 2.15 bits per heavy atom. The molecule has 0 aromatic heterocycles. The van der Waals surface area contributed by atoms with Crippen molar-refractivity contribution in [1.29, 1.82) is 0 Å². The van der Waals surface area contributed by atoms with Crippen LogP contribution in [0, 0.1) is 0 Å². The maximum absolute atomic E-state index is 10.6. The Morgan fingerprint density at radius 3 is 2.85 bits per heavy atom. The van der Waals surface area contributed by atoms with Crippen molar-refractivity contribution < 1.29 is 33.6 Å². The van der Waals surface area contributed by atoms with Crippen LogP contribution in [0.3, 0.4) is 0 Å². The lowest BCUT2D eigenvalue weighted by Crippen LogP contribution is -2.13. The van der Waals surface area contributed by atoms with Gasteiger partial charge in [-0.2, -0.15) is 0 Å². The van der Waals surface area contributed by atoms with E-state index in [1.165, 1.54) is 25.1 Å². The first-order valence-corrected chi connectivity index (χ1v) is 5.95. The molecule has 0 aliphatic carbocycles. The quantitative estimate of drug-likeness (QED) is 0.445. The third-order valence-corrected chi connectivity index (χ3v) is 2.66. The Morgan fingerprint density at radius 1 is 1.40 bits per heavy atom. The van der Waals surface area contributed by atoms with Crippen LogP contribution in [0.5, 0.6) is 17.2 Å². The highest BCUT2D eigenvalue weighted by molar-refractivity contribution is 5.65. The number of para-hydroxylation sites is 1. The first-order valence-electron chi connectivity index (χ1n) is 5.95. The fourth-order valence-corrected chi connectivity index (χ4v) is 1.63. The van der Waals surface area contributed by atoms with E-state index in [-0.39, 0.29) is 55.1 Å². The molecule has 1 N–H and O–H groups in total. The Kier molecular flexibility index (Phi) is 4.41. The number of epoxide rings is 1. The van der Waals surface area contributed by atoms with Crippen molar-refractivity contribution in [2.75, 3.05) is 13.2 Å². The van der Waals surface area contributed by atoms with Crippen LogP contribution in [0.1, 0.15) is 6.92 Å². The van der Waals surface area contributed by atoms with E-state index in [1.54, 1.807) is 0 Å². The molecule has 7 heteroatoms. The Hall–Kier alpha value is -2.28. The monoisotopic (exact) mass is 282 g/mol. The highest BCUT2D eigenvalue weighted by atomic mass is 16.6. The molecule has 1 aliphatic rings. The summed E-state index contributed by atoms with van der Waals surface area (Å²) < 4.78 is 20.1. The number of hydrogen-bond donors (Lipinski definition) is 1. The number of hydrogen-bond acceptors (Lipinski definition) is 7. The zero-order valence-corrected chi connectivity index (χ0v) is 10.8. The molecule has 0 saturated carbocycles. The maximum atomic E-state index is 10.6. The lowest BCUT2D eigenvalue weighted by Gasteiger charge is -2.10. The minimum absolute atomic E-state index is 0.0707. The molecule has 2 atom stereocenters. The van der Waals surface area contributed by atoms with Gasteiger partial charge in [-0.3, -0.25) is 9.59 Å². The van der Waals surface area contributed by atoms with E-state index in [4.69, 9.17) is 18.9 Å². The normalized spacial score (nSPS) is 20.1. The van der Waals surface area contributed by atoms with E-state index in [0.29, 0.717) is 0 Å². The van der Waals surface area contributed by atoms with Crippen LogP contribution in [0.4, 0.5) is 0 Å². The van der Waals surface area contributed by atoms with Crippen molar-refractivity contribution in [3.8, 4) is 17.2 Å². The molecule has 1 saturated heterocycles. The summed E-state index contributed by atoms with van der Waals surface area (Å²) >= 11 is 0. The number of phenols is 1. The van der Waals surface area contributed by atoms with Gasteiger partial charge in [-0.05, 0) is 12.1 Å². The smallest absolute Gasteiger partial charge is 0.302 e. The van der Waals surface area contributed by atoms with Crippen LogP contribution in [-0.2, 0) is 19.1 Å². The summed E-state index contributed by atoms with van der Waals surface area (Å²) in [5.74, 6) is -0.317. The maximum Gasteiger partial charge on any atom is 0.302 e. The van der Waals surface area contributed by atoms with E-state index in [1.807, 2.05) is 0 Å². The Bertz CT molecular complexity index is 499. The summed E-state index contributed by atoms with van der Waals surface area (Å²) in [5, 5.41) is 9.66. The van der Waals surface area contributed by atoms with Crippen LogP contribution < -0.4 is 9.47 Å². The summed E-state index contributed by atoms with van der Waals surface area (Å²) in [7, 11) is 0. The molecule has 1 fully saturated rings. The topological polar surface area (TPSA) is 94.6 Å². The Labute approximate surface area is 115 Å². The summed E-state index contributed by atoms with van der Waals surface area (Å²) in [6.45, 7) is 1.89. The highest BCUT2D eigenvalue weighted by Gasteiger charge is 2.40. The number of carbonyl (C=O) groups excluding carboxylic acids is 2. The lowest BCUT2D eigenvalue weighted by atomic mass is 10.3. The van der Waals surface area contributed by atoms with Gasteiger partial charge in [0.25, 0.3) is 6.47 Å². The molecule has 1 aliphatic heterocycles. The summed E-state index contributed by atoms with van der Waals surface area (Å²) in [6.07, 6.45) is -0.432. The van der Waals surface area contributed by atoms with Gasteiger partial charge in [-0.15, -0.1) is 0 Å². The second-order valence-corrected chi connectivity index (χ2v) is 4.15. The molecule has 1 aromatic carbocycles. The summed E-state index contributed by atoms with van der Waals surface area (Å²) in [4.78, 5) is 21.0. The predicted molar refractivity (Wildman–Crippen MR) is 65.6 cm³/mol. The molecule has 20 heavy (non-hydrogen) atoms. The minimum atomic E-state index is -0.373. The minimum Gasteiger partial charge on any atom is -0.504 e. The van der Waals surface area contributed by atoms with Crippen molar-refractivity contribution >= 4 is 12.4 Å². The second kappa shape index (κ2) is 6.25. The van der Waals surface area contributed by atoms with Gasteiger partial charge in [0.1, 0.15) is 25.4 Å². The molecule has 1 aromatic rings. The van der Waals surface area contributed by atoms with Gasteiger partial charge >= 0.3 is 5.97 Å². The average Bonchev–Trinajstić information content (AvgIpc) is 3.15. The predicted octanol–water partition coefficient (Wildman–Crippen LogP) is 0.637. The number of ether oxygens (including phenoxy) is 4. The molecule has 2 rings (SSSR count). The molecular weight excluding hydrogens is 268 g/mol. The van der Waals surface area contributed by atoms with Gasteiger partial charge in [0.15, 0.2) is 11.5 Å². The Balaban J connectivity index is 1.86. The van der Waals surface area contributed by atoms with Gasteiger partial charge in [0, 0.05) is 6.92 Å². The number of aromatic hydroxyl groups is 1. The van der Waals surface area contributed by atoms with Gasteiger partial charge in [-0.25, -0.2) is 0 Å². The number of rotatable bonds is 7. The average molecular weight is 282 g/mol. The molecule has 7 nitrogen and oxygen atoms in total. The van der Waals surface area contributed by atoms with Crippen LogP contribution >= 0.6 is 0 Å². The van der Waals surface area contributed by atoms with Crippen molar-refractivity contribution in [3.05, 3.63) is 18.2 Å². The standard InChI is InChI=1S/C13H14O7/c1-8(15)17-5-11-12(20-11)6-18-13-9(16)3-2-4-10(13)19-7-14/h2-4,7,11-12,16H,5-6H2,1H3. The highest BCUT2D eigenvalue weighted by Crippen LogP contribution is 2.37. The van der Waals surface area contributed by atoms with Crippen molar-refractivity contribution in [1.82, 2.24) is 0 Å². The number of benzene rings is 1. The number of phenolic OH excluding ortho intramolecular Hbond substituents is 1. The van der Waals surface area contributed by atoms with Gasteiger partial charge < -0.3 is 24.1 Å². The van der Waals surface area contributed by atoms with E-state index >= 15 is 0 Å². The van der Waals surface area contributed by atoms with Gasteiger partial charge in [-0.1, -0.05) is 6.07 Å². The molecule has 1 heterocycles.